The highest BCUT2D eigenvalue weighted by Crippen LogP contribution is 2.37. The van der Waals surface area contributed by atoms with Gasteiger partial charge < -0.3 is 19.2 Å². The lowest BCUT2D eigenvalue weighted by atomic mass is 9.88. The van der Waals surface area contributed by atoms with Gasteiger partial charge in [0.2, 0.25) is 12.7 Å². The van der Waals surface area contributed by atoms with E-state index in [1.165, 1.54) is 0 Å². The van der Waals surface area contributed by atoms with Crippen molar-refractivity contribution in [1.29, 1.82) is 0 Å². The van der Waals surface area contributed by atoms with E-state index in [4.69, 9.17) is 13.9 Å². The zero-order chi connectivity index (χ0) is 18.5. The van der Waals surface area contributed by atoms with E-state index in [0.29, 0.717) is 19.4 Å². The lowest BCUT2D eigenvalue weighted by Crippen LogP contribution is -2.27. The van der Waals surface area contributed by atoms with E-state index in [9.17, 15) is 4.79 Å². The van der Waals surface area contributed by atoms with Crippen LogP contribution in [0.4, 0.5) is 0 Å². The summed E-state index contributed by atoms with van der Waals surface area (Å²) in [6, 6.07) is 19.7. The van der Waals surface area contributed by atoms with Crippen molar-refractivity contribution < 1.29 is 18.7 Å². The minimum absolute atomic E-state index is 0.00748. The van der Waals surface area contributed by atoms with Crippen LogP contribution in [0.3, 0.4) is 0 Å². The lowest BCUT2D eigenvalue weighted by molar-refractivity contribution is -0.121. The Bertz CT molecular complexity index is 890. The van der Waals surface area contributed by atoms with Crippen LogP contribution in [-0.2, 0) is 11.2 Å². The molecular formula is C22H21NO4. The van der Waals surface area contributed by atoms with Gasteiger partial charge in [-0.15, -0.1) is 0 Å². The molecule has 1 N–H and O–H groups in total. The van der Waals surface area contributed by atoms with Gasteiger partial charge in [-0.25, -0.2) is 0 Å². The Balaban J connectivity index is 1.47. The number of ether oxygens (including phenoxy) is 2. The van der Waals surface area contributed by atoms with E-state index in [2.05, 4.69) is 5.32 Å². The molecule has 2 heterocycles. The minimum atomic E-state index is -0.0516. The number of fused-ring (bicyclic) bond motifs is 1. The van der Waals surface area contributed by atoms with Gasteiger partial charge in [0.15, 0.2) is 11.5 Å². The first-order valence-corrected chi connectivity index (χ1v) is 9.03. The van der Waals surface area contributed by atoms with Gasteiger partial charge in [-0.1, -0.05) is 36.4 Å². The Morgan fingerprint density at radius 2 is 1.81 bits per heavy atom. The molecule has 27 heavy (non-hydrogen) atoms. The third-order valence-electron chi connectivity index (χ3n) is 4.66. The lowest BCUT2D eigenvalue weighted by Gasteiger charge is -2.18. The quantitative estimate of drug-likeness (QED) is 0.692. The van der Waals surface area contributed by atoms with Crippen molar-refractivity contribution in [3.8, 4) is 11.5 Å². The average Bonchev–Trinajstić information content (AvgIpc) is 3.38. The molecule has 138 valence electrons. The van der Waals surface area contributed by atoms with Gasteiger partial charge in [0.1, 0.15) is 5.76 Å². The Morgan fingerprint density at radius 1 is 0.963 bits per heavy atom. The van der Waals surface area contributed by atoms with E-state index < -0.39 is 0 Å². The Hall–Kier alpha value is -3.21. The highest BCUT2D eigenvalue weighted by atomic mass is 16.7. The normalized spacial score (nSPS) is 13.3. The molecule has 0 saturated heterocycles. The molecule has 1 unspecified atom stereocenters. The Kier molecular flexibility index (Phi) is 5.10. The molecule has 0 spiro atoms. The molecule has 3 aromatic rings. The molecule has 5 heteroatoms. The first kappa shape index (κ1) is 17.2. The summed E-state index contributed by atoms with van der Waals surface area (Å²) in [5, 5.41) is 2.99. The highest BCUT2D eigenvalue weighted by Gasteiger charge is 2.21. The number of carbonyl (C=O) groups is 1. The molecule has 2 aromatic carbocycles. The van der Waals surface area contributed by atoms with E-state index in [1.54, 1.807) is 6.26 Å². The molecule has 1 atom stereocenters. The summed E-state index contributed by atoms with van der Waals surface area (Å²) in [6.45, 7) is 0.789. The second-order valence-corrected chi connectivity index (χ2v) is 6.46. The van der Waals surface area contributed by atoms with Gasteiger partial charge in [0.05, 0.1) is 6.26 Å². The van der Waals surface area contributed by atoms with Gasteiger partial charge in [-0.3, -0.25) is 4.79 Å². The predicted molar refractivity (Wildman–Crippen MR) is 101 cm³/mol. The largest absolute Gasteiger partial charge is 0.469 e. The second kappa shape index (κ2) is 7.99. The van der Waals surface area contributed by atoms with Gasteiger partial charge in [0, 0.05) is 25.3 Å². The summed E-state index contributed by atoms with van der Waals surface area (Å²) in [4.78, 5) is 12.6. The van der Waals surface area contributed by atoms with Gasteiger partial charge in [-0.05, 0) is 35.4 Å². The summed E-state index contributed by atoms with van der Waals surface area (Å²) in [7, 11) is 0. The monoisotopic (exact) mass is 363 g/mol. The number of carbonyl (C=O) groups excluding carboxylic acids is 1. The maximum Gasteiger partial charge on any atom is 0.231 e. The van der Waals surface area contributed by atoms with Crippen LogP contribution in [0.2, 0.25) is 0 Å². The van der Waals surface area contributed by atoms with Crippen LogP contribution < -0.4 is 14.8 Å². The van der Waals surface area contributed by atoms with Crippen LogP contribution >= 0.6 is 0 Å². The van der Waals surface area contributed by atoms with Crippen molar-refractivity contribution >= 4 is 5.91 Å². The molecular weight excluding hydrogens is 342 g/mol. The molecule has 1 aromatic heterocycles. The number of hydrogen-bond donors (Lipinski definition) is 1. The van der Waals surface area contributed by atoms with Crippen molar-refractivity contribution in [2.75, 3.05) is 13.3 Å². The number of nitrogens with one attached hydrogen (secondary N) is 1. The fraction of sp³-hybridized carbons (Fsp3) is 0.227. The first-order valence-electron chi connectivity index (χ1n) is 9.03. The molecule has 1 amide bonds. The summed E-state index contributed by atoms with van der Waals surface area (Å²) in [6.07, 6.45) is 2.68. The minimum Gasteiger partial charge on any atom is -0.469 e. The topological polar surface area (TPSA) is 60.7 Å². The van der Waals surface area contributed by atoms with Crippen LogP contribution in [0.25, 0.3) is 0 Å². The first-order chi connectivity index (χ1) is 13.3. The maximum atomic E-state index is 12.6. The molecule has 0 bridgehead atoms. The Labute approximate surface area is 157 Å². The van der Waals surface area contributed by atoms with Crippen molar-refractivity contribution in [1.82, 2.24) is 5.32 Å². The number of benzene rings is 2. The molecule has 1 aliphatic rings. The standard InChI is InChI=1S/C22H21NO4/c24-22(23-11-10-18-7-4-12-25-18)14-19(16-5-2-1-3-6-16)17-8-9-20-21(13-17)27-15-26-20/h1-9,12-13,19H,10-11,14-15H2,(H,23,24). The van der Waals surface area contributed by atoms with Crippen LogP contribution in [0.15, 0.2) is 71.3 Å². The molecule has 4 rings (SSSR count). The summed E-state index contributed by atoms with van der Waals surface area (Å²) < 4.78 is 16.2. The second-order valence-electron chi connectivity index (χ2n) is 6.46. The summed E-state index contributed by atoms with van der Waals surface area (Å²) in [5.74, 6) is 2.29. The van der Waals surface area contributed by atoms with Crippen molar-refractivity contribution in [3.63, 3.8) is 0 Å². The number of rotatable bonds is 7. The third kappa shape index (κ3) is 4.14. The SMILES string of the molecule is O=C(CC(c1ccccc1)c1ccc2c(c1)OCO2)NCCc1ccco1. The van der Waals surface area contributed by atoms with Crippen LogP contribution in [0.5, 0.6) is 11.5 Å². The smallest absolute Gasteiger partial charge is 0.231 e. The molecule has 0 aliphatic carbocycles. The molecule has 0 radical (unpaired) electrons. The zero-order valence-electron chi connectivity index (χ0n) is 14.9. The van der Waals surface area contributed by atoms with Crippen molar-refractivity contribution in [3.05, 3.63) is 83.8 Å². The van der Waals surface area contributed by atoms with Gasteiger partial charge in [0.25, 0.3) is 0 Å². The fourth-order valence-electron chi connectivity index (χ4n) is 3.28. The van der Waals surface area contributed by atoms with Crippen LogP contribution in [0.1, 0.15) is 29.2 Å². The molecule has 1 aliphatic heterocycles. The van der Waals surface area contributed by atoms with E-state index in [-0.39, 0.29) is 18.6 Å². The van der Waals surface area contributed by atoms with E-state index >= 15 is 0 Å². The molecule has 0 saturated carbocycles. The average molecular weight is 363 g/mol. The van der Waals surface area contributed by atoms with Crippen molar-refractivity contribution in [2.45, 2.75) is 18.8 Å². The van der Waals surface area contributed by atoms with Crippen molar-refractivity contribution in [2.24, 2.45) is 0 Å². The zero-order valence-corrected chi connectivity index (χ0v) is 14.9. The summed E-state index contributed by atoms with van der Waals surface area (Å²) >= 11 is 0. The van der Waals surface area contributed by atoms with Crippen LogP contribution in [-0.4, -0.2) is 19.2 Å². The third-order valence-corrected chi connectivity index (χ3v) is 4.66. The van der Waals surface area contributed by atoms with Gasteiger partial charge in [-0.2, -0.15) is 0 Å². The maximum absolute atomic E-state index is 12.6. The van der Waals surface area contributed by atoms with E-state index in [0.717, 1.165) is 28.4 Å². The van der Waals surface area contributed by atoms with Gasteiger partial charge >= 0.3 is 0 Å². The predicted octanol–water partition coefficient (Wildman–Crippen LogP) is 3.89. The number of hydrogen-bond acceptors (Lipinski definition) is 4. The Morgan fingerprint density at radius 3 is 2.63 bits per heavy atom. The molecule has 0 fully saturated rings. The number of furan rings is 1. The number of amides is 1. The summed E-state index contributed by atoms with van der Waals surface area (Å²) in [5.41, 5.74) is 2.13. The fourth-order valence-corrected chi connectivity index (χ4v) is 3.28. The molecule has 5 nitrogen and oxygen atoms in total. The van der Waals surface area contributed by atoms with E-state index in [1.807, 2.05) is 60.7 Å². The van der Waals surface area contributed by atoms with Crippen LogP contribution in [0, 0.1) is 0 Å². The highest BCUT2D eigenvalue weighted by molar-refractivity contribution is 5.77.